The van der Waals surface area contributed by atoms with Crippen LogP contribution in [0.1, 0.15) is 20.7 Å². The first-order valence-corrected chi connectivity index (χ1v) is 10.4. The van der Waals surface area contributed by atoms with Gasteiger partial charge in [-0.2, -0.15) is 0 Å². The first-order valence-electron chi connectivity index (χ1n) is 10.4. The Kier molecular flexibility index (Phi) is 5.23. The molecule has 0 saturated carbocycles. The van der Waals surface area contributed by atoms with E-state index in [1.54, 1.807) is 72.8 Å². The molecule has 0 aliphatic rings. The summed E-state index contributed by atoms with van der Waals surface area (Å²) in [7, 11) is 0. The lowest BCUT2D eigenvalue weighted by Gasteiger charge is -2.09. The van der Waals surface area contributed by atoms with Crippen LogP contribution >= 0.6 is 0 Å². The molecule has 2 heterocycles. The standard InChI is InChI=1S/C26H18N4O4/c27-23-19(13-15-5-1-3-7-21(15)33-23)25(31)29-17-9-11-18(12-10-17)30-26(32)20-14-16-6-2-4-8-22(16)34-24(20)28/h1-14,27-28H,(H,29,31)(H,30,32). The maximum Gasteiger partial charge on any atom is 0.261 e. The average molecular weight is 450 g/mol. The van der Waals surface area contributed by atoms with Crippen molar-refractivity contribution in [1.29, 1.82) is 10.8 Å². The molecule has 3 aromatic carbocycles. The summed E-state index contributed by atoms with van der Waals surface area (Å²) in [5.74, 6) is -0.958. The van der Waals surface area contributed by atoms with Crippen molar-refractivity contribution in [3.8, 4) is 0 Å². The van der Waals surface area contributed by atoms with Gasteiger partial charge in [0.15, 0.2) is 0 Å². The summed E-state index contributed by atoms with van der Waals surface area (Å²) in [6.07, 6.45) is 0. The van der Waals surface area contributed by atoms with Crippen LogP contribution < -0.4 is 21.7 Å². The van der Waals surface area contributed by atoms with E-state index in [1.807, 2.05) is 12.1 Å². The Morgan fingerprint density at radius 1 is 0.588 bits per heavy atom. The second kappa shape index (κ2) is 8.51. The summed E-state index contributed by atoms with van der Waals surface area (Å²) in [5.41, 5.74) is 1.78. The summed E-state index contributed by atoms with van der Waals surface area (Å²) < 4.78 is 10.9. The SMILES string of the molecule is N=c1oc2ccccc2cc1C(=O)Nc1ccc(NC(=O)c2cc3ccccc3oc2=N)cc1. The molecule has 5 rings (SSSR count). The van der Waals surface area contributed by atoms with Crippen molar-refractivity contribution in [3.63, 3.8) is 0 Å². The zero-order chi connectivity index (χ0) is 23.7. The molecule has 2 aromatic heterocycles. The van der Waals surface area contributed by atoms with E-state index in [-0.39, 0.29) is 22.2 Å². The molecule has 0 fully saturated rings. The molecule has 166 valence electrons. The minimum absolute atomic E-state index is 0.110. The lowest BCUT2D eigenvalue weighted by atomic mass is 10.1. The molecule has 0 radical (unpaired) electrons. The van der Waals surface area contributed by atoms with Crippen LogP contribution in [0.5, 0.6) is 0 Å². The fourth-order valence-electron chi connectivity index (χ4n) is 3.53. The van der Waals surface area contributed by atoms with Crippen molar-refractivity contribution in [2.24, 2.45) is 0 Å². The van der Waals surface area contributed by atoms with Gasteiger partial charge in [-0.1, -0.05) is 36.4 Å². The van der Waals surface area contributed by atoms with E-state index < -0.39 is 11.8 Å². The lowest BCUT2D eigenvalue weighted by Crippen LogP contribution is -2.21. The van der Waals surface area contributed by atoms with Crippen molar-refractivity contribution in [3.05, 3.63) is 107 Å². The first-order chi connectivity index (χ1) is 16.5. The van der Waals surface area contributed by atoms with Crippen molar-refractivity contribution in [2.45, 2.75) is 0 Å². The Morgan fingerprint density at radius 2 is 0.971 bits per heavy atom. The van der Waals surface area contributed by atoms with Crippen molar-refractivity contribution >= 4 is 45.1 Å². The second-order valence-corrected chi connectivity index (χ2v) is 7.54. The molecule has 34 heavy (non-hydrogen) atoms. The number of hydrogen-bond acceptors (Lipinski definition) is 6. The number of carbonyl (C=O) groups excluding carboxylic acids is 2. The monoisotopic (exact) mass is 450 g/mol. The van der Waals surface area contributed by atoms with Gasteiger partial charge in [-0.3, -0.25) is 20.4 Å². The lowest BCUT2D eigenvalue weighted by molar-refractivity contribution is 0.101. The summed E-state index contributed by atoms with van der Waals surface area (Å²) in [6, 6.07) is 24.0. The van der Waals surface area contributed by atoms with Gasteiger partial charge < -0.3 is 19.5 Å². The predicted octanol–water partition coefficient (Wildman–Crippen LogP) is 4.64. The molecule has 0 aliphatic carbocycles. The molecule has 0 unspecified atom stereocenters. The van der Waals surface area contributed by atoms with E-state index in [0.29, 0.717) is 22.5 Å². The maximum absolute atomic E-state index is 12.7. The van der Waals surface area contributed by atoms with Crippen molar-refractivity contribution in [2.75, 3.05) is 10.6 Å². The fraction of sp³-hybridized carbons (Fsp3) is 0. The molecule has 0 atom stereocenters. The first kappa shape index (κ1) is 20.9. The summed E-state index contributed by atoms with van der Waals surface area (Å²) >= 11 is 0. The zero-order valence-electron chi connectivity index (χ0n) is 17.7. The molecule has 0 aliphatic heterocycles. The van der Waals surface area contributed by atoms with E-state index >= 15 is 0 Å². The van der Waals surface area contributed by atoms with Gasteiger partial charge in [0.2, 0.25) is 11.1 Å². The van der Waals surface area contributed by atoms with E-state index in [1.165, 1.54) is 0 Å². The normalized spacial score (nSPS) is 10.8. The molecule has 2 amide bonds. The molecule has 4 N–H and O–H groups in total. The van der Waals surface area contributed by atoms with Gasteiger partial charge in [-0.25, -0.2) is 0 Å². The topological polar surface area (TPSA) is 132 Å². The number of amides is 2. The quantitative estimate of drug-likeness (QED) is 0.317. The van der Waals surface area contributed by atoms with Crippen molar-refractivity contribution < 1.29 is 18.4 Å². The molecular weight excluding hydrogens is 432 g/mol. The van der Waals surface area contributed by atoms with Crippen LogP contribution in [0.4, 0.5) is 11.4 Å². The maximum atomic E-state index is 12.7. The Labute approximate surface area is 192 Å². The number of hydrogen-bond donors (Lipinski definition) is 4. The largest absolute Gasteiger partial charge is 0.438 e. The molecular formula is C26H18N4O4. The van der Waals surface area contributed by atoms with Crippen LogP contribution in [0, 0.1) is 10.8 Å². The van der Waals surface area contributed by atoms with Gasteiger partial charge in [0.1, 0.15) is 22.3 Å². The van der Waals surface area contributed by atoms with E-state index in [9.17, 15) is 9.59 Å². The van der Waals surface area contributed by atoms with Crippen LogP contribution in [0.2, 0.25) is 0 Å². The molecule has 8 heteroatoms. The number of rotatable bonds is 4. The van der Waals surface area contributed by atoms with Crippen LogP contribution in [0.3, 0.4) is 0 Å². The third-order valence-electron chi connectivity index (χ3n) is 5.24. The van der Waals surface area contributed by atoms with Gasteiger partial charge in [0, 0.05) is 22.1 Å². The van der Waals surface area contributed by atoms with Gasteiger partial charge in [-0.05, 0) is 48.5 Å². The van der Waals surface area contributed by atoms with Gasteiger partial charge in [0.05, 0.1) is 0 Å². The summed E-state index contributed by atoms with van der Waals surface area (Å²) in [5, 5.41) is 22.9. The third kappa shape index (κ3) is 4.07. The number of carbonyl (C=O) groups is 2. The Balaban J connectivity index is 1.31. The molecule has 8 nitrogen and oxygen atoms in total. The Morgan fingerprint density at radius 3 is 1.38 bits per heavy atom. The molecule has 0 spiro atoms. The average Bonchev–Trinajstić information content (AvgIpc) is 2.84. The zero-order valence-corrected chi connectivity index (χ0v) is 17.7. The molecule has 0 bridgehead atoms. The van der Waals surface area contributed by atoms with E-state index in [2.05, 4.69) is 10.6 Å². The highest BCUT2D eigenvalue weighted by Crippen LogP contribution is 2.18. The number of anilines is 2. The third-order valence-corrected chi connectivity index (χ3v) is 5.24. The van der Waals surface area contributed by atoms with Gasteiger partial charge >= 0.3 is 0 Å². The number of nitrogens with one attached hydrogen (secondary N) is 4. The number of para-hydroxylation sites is 2. The van der Waals surface area contributed by atoms with Crippen LogP contribution in [-0.4, -0.2) is 11.8 Å². The molecule has 5 aromatic rings. The Hall–Kier alpha value is -4.98. The van der Waals surface area contributed by atoms with Gasteiger partial charge in [-0.15, -0.1) is 0 Å². The summed E-state index contributed by atoms with van der Waals surface area (Å²) in [4.78, 5) is 25.4. The minimum Gasteiger partial charge on any atom is -0.438 e. The molecule has 0 saturated heterocycles. The fourth-order valence-corrected chi connectivity index (χ4v) is 3.53. The second-order valence-electron chi connectivity index (χ2n) is 7.54. The van der Waals surface area contributed by atoms with Gasteiger partial charge in [0.25, 0.3) is 11.8 Å². The van der Waals surface area contributed by atoms with Crippen LogP contribution in [0.25, 0.3) is 21.9 Å². The summed E-state index contributed by atoms with van der Waals surface area (Å²) in [6.45, 7) is 0. The number of fused-ring (bicyclic) bond motifs is 2. The van der Waals surface area contributed by atoms with Crippen molar-refractivity contribution in [1.82, 2.24) is 0 Å². The number of benzene rings is 3. The highest BCUT2D eigenvalue weighted by atomic mass is 16.3. The minimum atomic E-state index is -0.479. The van der Waals surface area contributed by atoms with Crippen LogP contribution in [0.15, 0.2) is 93.8 Å². The van der Waals surface area contributed by atoms with E-state index in [0.717, 1.165) is 10.8 Å². The van der Waals surface area contributed by atoms with Crippen LogP contribution in [-0.2, 0) is 0 Å². The predicted molar refractivity (Wildman–Crippen MR) is 126 cm³/mol. The highest BCUT2D eigenvalue weighted by Gasteiger charge is 2.14. The smallest absolute Gasteiger partial charge is 0.261 e. The Bertz CT molecular complexity index is 1560. The highest BCUT2D eigenvalue weighted by molar-refractivity contribution is 6.06. The van der Waals surface area contributed by atoms with E-state index in [4.69, 9.17) is 19.7 Å².